The molecule has 0 aromatic carbocycles. The number of carboxylic acids is 1. The van der Waals surface area contributed by atoms with Gasteiger partial charge >= 0.3 is 5.97 Å². The zero-order chi connectivity index (χ0) is 27.9. The number of carboxylic acid groups (broad SMARTS) is 1. The highest BCUT2D eigenvalue weighted by atomic mass is 16.4. The van der Waals surface area contributed by atoms with Crippen LogP contribution >= 0.6 is 0 Å². The molecule has 3 aliphatic rings. The first-order chi connectivity index (χ1) is 20.1. The van der Waals surface area contributed by atoms with Crippen molar-refractivity contribution in [3.8, 4) is 22.9 Å². The van der Waals surface area contributed by atoms with Gasteiger partial charge in [0, 0.05) is 62.0 Å². The number of rotatable bonds is 6. The average Bonchev–Trinajstić information content (AvgIpc) is 3.65. The predicted molar refractivity (Wildman–Crippen MR) is 155 cm³/mol. The van der Waals surface area contributed by atoms with E-state index in [1.54, 1.807) is 16.9 Å². The lowest BCUT2D eigenvalue weighted by Gasteiger charge is -2.30. The quantitative estimate of drug-likeness (QED) is 0.347. The standard InChI is InChI=1S/C31H32N8O2/c32-18-20-9-14-38(15-10-20)26-7-6-22(19-34-26)24-17-25(31(40)41)35-30-28(24)29(21-4-3-5-21)36-39(30)23-8-11-33-27(16-23)37-12-1-2-13-37/h6-8,11,16-17,19-21H,1-5,9-10,12-15H2,(H,40,41). The van der Waals surface area contributed by atoms with Crippen LogP contribution in [0.3, 0.4) is 0 Å². The minimum Gasteiger partial charge on any atom is -0.477 e. The number of hydrogen-bond acceptors (Lipinski definition) is 8. The summed E-state index contributed by atoms with van der Waals surface area (Å²) in [6.45, 7) is 3.57. The molecule has 41 heavy (non-hydrogen) atoms. The van der Waals surface area contributed by atoms with Crippen molar-refractivity contribution in [2.75, 3.05) is 36.0 Å². The number of nitriles is 1. The molecule has 0 unspecified atom stereocenters. The summed E-state index contributed by atoms with van der Waals surface area (Å²) in [6.07, 6.45) is 10.9. The van der Waals surface area contributed by atoms with E-state index in [0.717, 1.165) is 111 Å². The number of piperidine rings is 1. The Hall–Kier alpha value is -4.52. The Balaban J connectivity index is 1.34. The fraction of sp³-hybridized carbons (Fsp3) is 0.419. The lowest BCUT2D eigenvalue weighted by atomic mass is 9.81. The Morgan fingerprint density at radius 3 is 2.37 bits per heavy atom. The minimum atomic E-state index is -1.08. The van der Waals surface area contributed by atoms with E-state index in [4.69, 9.17) is 10.1 Å². The molecule has 1 saturated carbocycles. The van der Waals surface area contributed by atoms with Gasteiger partial charge in [-0.25, -0.2) is 24.4 Å². The normalized spacial score (nSPS) is 18.0. The van der Waals surface area contributed by atoms with Crippen LogP contribution in [0.25, 0.3) is 27.8 Å². The van der Waals surface area contributed by atoms with Crippen LogP contribution in [0, 0.1) is 17.2 Å². The van der Waals surface area contributed by atoms with Gasteiger partial charge in [0.25, 0.3) is 0 Å². The van der Waals surface area contributed by atoms with Gasteiger partial charge in [-0.05, 0) is 68.4 Å². The Morgan fingerprint density at radius 1 is 0.927 bits per heavy atom. The van der Waals surface area contributed by atoms with Gasteiger partial charge in [0.1, 0.15) is 11.6 Å². The highest BCUT2D eigenvalue weighted by molar-refractivity contribution is 6.00. The minimum absolute atomic E-state index is 0.0229. The fourth-order valence-corrected chi connectivity index (χ4v) is 6.26. The van der Waals surface area contributed by atoms with Gasteiger partial charge in [-0.3, -0.25) is 0 Å². The Morgan fingerprint density at radius 2 is 1.71 bits per heavy atom. The van der Waals surface area contributed by atoms with E-state index in [2.05, 4.69) is 25.8 Å². The van der Waals surface area contributed by atoms with Crippen LogP contribution in [0.15, 0.2) is 42.7 Å². The third kappa shape index (κ3) is 4.65. The lowest BCUT2D eigenvalue weighted by Crippen LogP contribution is -2.33. The number of pyridine rings is 3. The first-order valence-corrected chi connectivity index (χ1v) is 14.6. The van der Waals surface area contributed by atoms with Crippen molar-refractivity contribution in [3.05, 3.63) is 54.1 Å². The molecule has 7 rings (SSSR count). The Kier molecular flexibility index (Phi) is 6.50. The van der Waals surface area contributed by atoms with Crippen molar-refractivity contribution in [1.29, 1.82) is 5.26 Å². The predicted octanol–water partition coefficient (Wildman–Crippen LogP) is 5.18. The van der Waals surface area contributed by atoms with Gasteiger partial charge in [-0.1, -0.05) is 6.42 Å². The molecule has 4 aromatic rings. The molecule has 10 nitrogen and oxygen atoms in total. The maximum Gasteiger partial charge on any atom is 0.354 e. The van der Waals surface area contributed by atoms with Crippen molar-refractivity contribution in [1.82, 2.24) is 24.7 Å². The zero-order valence-electron chi connectivity index (χ0n) is 22.9. The van der Waals surface area contributed by atoms with Crippen molar-refractivity contribution in [2.45, 2.75) is 50.9 Å². The summed E-state index contributed by atoms with van der Waals surface area (Å²) in [5, 5.41) is 25.3. The number of aromatic carboxylic acids is 1. The summed E-state index contributed by atoms with van der Waals surface area (Å²) in [5.41, 5.74) is 3.94. The average molecular weight is 549 g/mol. The van der Waals surface area contributed by atoms with Crippen LogP contribution < -0.4 is 9.80 Å². The van der Waals surface area contributed by atoms with Gasteiger partial charge < -0.3 is 14.9 Å². The SMILES string of the molecule is N#CC1CCN(c2ccc(-c3cc(C(=O)O)nc4c3c(C3CCC3)nn4-c3ccnc(N4CCCC4)c3)cn2)CC1. The molecule has 0 bridgehead atoms. The second-order valence-corrected chi connectivity index (χ2v) is 11.3. The molecule has 0 amide bonds. The van der Waals surface area contributed by atoms with Crippen LogP contribution in [-0.2, 0) is 0 Å². The number of fused-ring (bicyclic) bond motifs is 1. The lowest BCUT2D eigenvalue weighted by molar-refractivity contribution is 0.0691. The van der Waals surface area contributed by atoms with Crippen molar-refractivity contribution < 1.29 is 9.90 Å². The molecule has 3 fully saturated rings. The maximum atomic E-state index is 12.3. The third-order valence-electron chi connectivity index (χ3n) is 8.84. The van der Waals surface area contributed by atoms with Crippen molar-refractivity contribution in [3.63, 3.8) is 0 Å². The monoisotopic (exact) mass is 548 g/mol. The molecule has 0 spiro atoms. The molecule has 208 valence electrons. The summed E-state index contributed by atoms with van der Waals surface area (Å²) in [5.74, 6) is 1.11. The van der Waals surface area contributed by atoms with Gasteiger partial charge in [0.05, 0.1) is 22.8 Å². The Bertz CT molecular complexity index is 1640. The molecule has 1 N–H and O–H groups in total. The van der Waals surface area contributed by atoms with Gasteiger partial charge in [0.15, 0.2) is 11.3 Å². The van der Waals surface area contributed by atoms with Gasteiger partial charge in [0.2, 0.25) is 0 Å². The fourth-order valence-electron chi connectivity index (χ4n) is 6.26. The number of hydrogen-bond donors (Lipinski definition) is 1. The van der Waals surface area contributed by atoms with Crippen LogP contribution in [-0.4, -0.2) is 62.0 Å². The zero-order valence-corrected chi connectivity index (χ0v) is 22.9. The smallest absolute Gasteiger partial charge is 0.354 e. The van der Waals surface area contributed by atoms with E-state index >= 15 is 0 Å². The second kappa shape index (κ2) is 10.5. The third-order valence-corrected chi connectivity index (χ3v) is 8.84. The van der Waals surface area contributed by atoms with Crippen LogP contribution in [0.4, 0.5) is 11.6 Å². The van der Waals surface area contributed by atoms with Crippen molar-refractivity contribution in [2.24, 2.45) is 5.92 Å². The van der Waals surface area contributed by atoms with Crippen LogP contribution in [0.5, 0.6) is 0 Å². The van der Waals surface area contributed by atoms with Crippen molar-refractivity contribution >= 4 is 28.6 Å². The van der Waals surface area contributed by atoms with Crippen LogP contribution in [0.1, 0.15) is 67.0 Å². The van der Waals surface area contributed by atoms with E-state index in [1.807, 2.05) is 30.5 Å². The molecule has 4 aromatic heterocycles. The highest BCUT2D eigenvalue weighted by Crippen LogP contribution is 2.43. The number of aromatic nitrogens is 5. The molecule has 10 heteroatoms. The molecule has 1 aliphatic carbocycles. The van der Waals surface area contributed by atoms with E-state index in [0.29, 0.717) is 11.6 Å². The first-order valence-electron chi connectivity index (χ1n) is 14.6. The first kappa shape index (κ1) is 25.4. The topological polar surface area (TPSA) is 124 Å². The molecule has 2 aliphatic heterocycles. The van der Waals surface area contributed by atoms with Crippen LogP contribution in [0.2, 0.25) is 0 Å². The maximum absolute atomic E-state index is 12.3. The summed E-state index contributed by atoms with van der Waals surface area (Å²) < 4.78 is 1.81. The molecular weight excluding hydrogens is 516 g/mol. The number of anilines is 2. The number of carbonyl (C=O) groups is 1. The van der Waals surface area contributed by atoms with E-state index in [9.17, 15) is 15.2 Å². The van der Waals surface area contributed by atoms with E-state index < -0.39 is 5.97 Å². The largest absolute Gasteiger partial charge is 0.477 e. The summed E-state index contributed by atoms with van der Waals surface area (Å²) >= 11 is 0. The van der Waals surface area contributed by atoms with Gasteiger partial charge in [-0.2, -0.15) is 10.4 Å². The highest BCUT2D eigenvalue weighted by Gasteiger charge is 2.30. The summed E-state index contributed by atoms with van der Waals surface area (Å²) in [6, 6.07) is 12.0. The van der Waals surface area contributed by atoms with E-state index in [1.165, 1.54) is 0 Å². The summed E-state index contributed by atoms with van der Waals surface area (Å²) in [7, 11) is 0. The summed E-state index contributed by atoms with van der Waals surface area (Å²) in [4.78, 5) is 30.8. The Labute approximate surface area is 238 Å². The molecule has 6 heterocycles. The second-order valence-electron chi connectivity index (χ2n) is 11.3. The molecule has 2 saturated heterocycles. The van der Waals surface area contributed by atoms with E-state index in [-0.39, 0.29) is 11.6 Å². The molecular formula is C31H32N8O2. The number of nitrogens with zero attached hydrogens (tertiary/aromatic N) is 8. The molecule has 0 radical (unpaired) electrons. The molecule has 0 atom stereocenters. The van der Waals surface area contributed by atoms with Gasteiger partial charge in [-0.15, -0.1) is 0 Å².